The standard InChI is InChI=1S/C8H12N2OS.ClH/c1-10-8(11)7(9)5-6-3-2-4-12-6;/h2-4,7H,5,9H2,1H3,(H,10,11);1H. The predicted molar refractivity (Wildman–Crippen MR) is 57.3 cm³/mol. The van der Waals surface area contributed by atoms with Crippen LogP contribution in [0.3, 0.4) is 0 Å². The maximum absolute atomic E-state index is 11.0. The van der Waals surface area contributed by atoms with Crippen LogP contribution in [0.2, 0.25) is 0 Å². The average Bonchev–Trinajstić information content (AvgIpc) is 2.55. The lowest BCUT2D eigenvalue weighted by Gasteiger charge is -2.07. The van der Waals surface area contributed by atoms with Crippen molar-refractivity contribution in [1.82, 2.24) is 5.32 Å². The van der Waals surface area contributed by atoms with E-state index in [1.807, 2.05) is 17.5 Å². The van der Waals surface area contributed by atoms with E-state index in [-0.39, 0.29) is 18.3 Å². The number of hydrogen-bond acceptors (Lipinski definition) is 3. The summed E-state index contributed by atoms with van der Waals surface area (Å²) in [5.74, 6) is -0.108. The number of halogens is 1. The summed E-state index contributed by atoms with van der Waals surface area (Å²) in [6.45, 7) is 0. The summed E-state index contributed by atoms with van der Waals surface area (Å²) in [7, 11) is 1.59. The van der Waals surface area contributed by atoms with Gasteiger partial charge in [0.25, 0.3) is 0 Å². The van der Waals surface area contributed by atoms with E-state index in [9.17, 15) is 4.79 Å². The van der Waals surface area contributed by atoms with Crippen LogP contribution in [-0.2, 0) is 11.2 Å². The van der Waals surface area contributed by atoms with Gasteiger partial charge in [-0.2, -0.15) is 0 Å². The van der Waals surface area contributed by atoms with Crippen LogP contribution in [0.5, 0.6) is 0 Å². The van der Waals surface area contributed by atoms with Crippen LogP contribution in [0, 0.1) is 0 Å². The summed E-state index contributed by atoms with van der Waals surface area (Å²) in [5.41, 5.74) is 5.61. The van der Waals surface area contributed by atoms with E-state index in [4.69, 9.17) is 5.73 Å². The van der Waals surface area contributed by atoms with E-state index in [1.54, 1.807) is 18.4 Å². The summed E-state index contributed by atoms with van der Waals surface area (Å²) in [4.78, 5) is 12.2. The third-order valence-electron chi connectivity index (χ3n) is 1.58. The molecule has 0 fully saturated rings. The molecule has 1 rings (SSSR count). The lowest BCUT2D eigenvalue weighted by molar-refractivity contribution is -0.121. The minimum Gasteiger partial charge on any atom is -0.358 e. The van der Waals surface area contributed by atoms with Crippen molar-refractivity contribution in [2.45, 2.75) is 12.5 Å². The van der Waals surface area contributed by atoms with Gasteiger partial charge in [0.2, 0.25) is 5.91 Å². The molecule has 1 heterocycles. The third-order valence-corrected chi connectivity index (χ3v) is 2.48. The fourth-order valence-electron chi connectivity index (χ4n) is 0.924. The second kappa shape index (κ2) is 5.96. The largest absolute Gasteiger partial charge is 0.358 e. The van der Waals surface area contributed by atoms with Gasteiger partial charge < -0.3 is 11.1 Å². The molecule has 1 amide bonds. The molecule has 74 valence electrons. The van der Waals surface area contributed by atoms with Gasteiger partial charge in [-0.3, -0.25) is 4.79 Å². The Morgan fingerprint density at radius 2 is 2.46 bits per heavy atom. The first kappa shape index (κ1) is 12.4. The van der Waals surface area contributed by atoms with E-state index in [0.29, 0.717) is 6.42 Å². The third kappa shape index (κ3) is 3.76. The molecule has 0 aromatic carbocycles. The first-order valence-electron chi connectivity index (χ1n) is 3.73. The highest BCUT2D eigenvalue weighted by Crippen LogP contribution is 2.10. The van der Waals surface area contributed by atoms with Gasteiger partial charge in [-0.25, -0.2) is 0 Å². The Labute approximate surface area is 87.7 Å². The molecule has 0 saturated heterocycles. The number of thiophene rings is 1. The number of amides is 1. The summed E-state index contributed by atoms with van der Waals surface area (Å²) in [5, 5.41) is 4.50. The Hall–Kier alpha value is -0.580. The molecule has 5 heteroatoms. The molecule has 1 aromatic heterocycles. The SMILES string of the molecule is CNC(=O)C(N)Cc1cccs1.Cl. The van der Waals surface area contributed by atoms with Crippen molar-refractivity contribution in [1.29, 1.82) is 0 Å². The van der Waals surface area contributed by atoms with Gasteiger partial charge in [-0.1, -0.05) is 6.07 Å². The van der Waals surface area contributed by atoms with Crippen molar-refractivity contribution in [3.63, 3.8) is 0 Å². The van der Waals surface area contributed by atoms with E-state index in [0.717, 1.165) is 4.88 Å². The van der Waals surface area contributed by atoms with Gasteiger partial charge in [-0.05, 0) is 11.4 Å². The Morgan fingerprint density at radius 3 is 2.92 bits per heavy atom. The molecule has 0 saturated carbocycles. The molecule has 1 unspecified atom stereocenters. The summed E-state index contributed by atoms with van der Waals surface area (Å²) in [6, 6.07) is 3.51. The highest BCUT2D eigenvalue weighted by molar-refractivity contribution is 7.09. The molecular weight excluding hydrogens is 208 g/mol. The Morgan fingerprint density at radius 1 is 1.77 bits per heavy atom. The second-order valence-electron chi connectivity index (χ2n) is 2.50. The Bertz CT molecular complexity index is 251. The predicted octanol–water partition coefficient (Wildman–Crippen LogP) is 0.786. The van der Waals surface area contributed by atoms with Crippen LogP contribution in [-0.4, -0.2) is 19.0 Å². The average molecular weight is 221 g/mol. The van der Waals surface area contributed by atoms with Crippen LogP contribution in [0.4, 0.5) is 0 Å². The van der Waals surface area contributed by atoms with Crippen LogP contribution >= 0.6 is 23.7 Å². The molecule has 0 aliphatic heterocycles. The molecule has 1 aromatic rings. The molecule has 0 aliphatic carbocycles. The second-order valence-corrected chi connectivity index (χ2v) is 3.54. The van der Waals surface area contributed by atoms with Gasteiger partial charge in [0.05, 0.1) is 6.04 Å². The first-order valence-corrected chi connectivity index (χ1v) is 4.61. The number of rotatable bonds is 3. The van der Waals surface area contributed by atoms with Crippen LogP contribution < -0.4 is 11.1 Å². The number of carbonyl (C=O) groups is 1. The van der Waals surface area contributed by atoms with Crippen molar-refractivity contribution in [3.05, 3.63) is 22.4 Å². The van der Waals surface area contributed by atoms with E-state index < -0.39 is 6.04 Å². The van der Waals surface area contributed by atoms with Crippen molar-refractivity contribution >= 4 is 29.7 Å². The quantitative estimate of drug-likeness (QED) is 0.792. The van der Waals surface area contributed by atoms with Crippen molar-refractivity contribution in [2.24, 2.45) is 5.73 Å². The van der Waals surface area contributed by atoms with Gasteiger partial charge in [0.1, 0.15) is 0 Å². The highest BCUT2D eigenvalue weighted by Gasteiger charge is 2.11. The number of likely N-dealkylation sites (N-methyl/N-ethyl adjacent to an activating group) is 1. The summed E-state index contributed by atoms with van der Waals surface area (Å²) < 4.78 is 0. The summed E-state index contributed by atoms with van der Waals surface area (Å²) >= 11 is 1.62. The number of hydrogen-bond donors (Lipinski definition) is 2. The Balaban J connectivity index is 0.00000144. The van der Waals surface area contributed by atoms with Gasteiger partial charge in [0.15, 0.2) is 0 Å². The molecule has 3 N–H and O–H groups in total. The topological polar surface area (TPSA) is 55.1 Å². The molecule has 13 heavy (non-hydrogen) atoms. The number of nitrogens with one attached hydrogen (secondary N) is 1. The minimum atomic E-state index is -0.423. The number of carbonyl (C=O) groups excluding carboxylic acids is 1. The Kier molecular flexibility index (Phi) is 5.70. The molecule has 1 atom stereocenters. The molecule has 0 spiro atoms. The van der Waals surface area contributed by atoms with Gasteiger partial charge >= 0.3 is 0 Å². The monoisotopic (exact) mass is 220 g/mol. The smallest absolute Gasteiger partial charge is 0.237 e. The van der Waals surface area contributed by atoms with E-state index >= 15 is 0 Å². The normalized spacial score (nSPS) is 11.5. The number of nitrogens with two attached hydrogens (primary N) is 1. The maximum atomic E-state index is 11.0. The lowest BCUT2D eigenvalue weighted by Crippen LogP contribution is -2.40. The lowest BCUT2D eigenvalue weighted by atomic mass is 10.2. The van der Waals surface area contributed by atoms with Crippen LogP contribution in [0.15, 0.2) is 17.5 Å². The highest BCUT2D eigenvalue weighted by atomic mass is 35.5. The molecule has 3 nitrogen and oxygen atoms in total. The summed E-state index contributed by atoms with van der Waals surface area (Å²) in [6.07, 6.45) is 0.622. The minimum absolute atomic E-state index is 0. The van der Waals surface area contributed by atoms with Gasteiger partial charge in [0, 0.05) is 18.3 Å². The molecular formula is C8H13ClN2OS. The van der Waals surface area contributed by atoms with Crippen molar-refractivity contribution in [2.75, 3.05) is 7.05 Å². The zero-order valence-electron chi connectivity index (χ0n) is 7.32. The molecule has 0 aliphatic rings. The van der Waals surface area contributed by atoms with E-state index in [1.165, 1.54) is 0 Å². The zero-order valence-corrected chi connectivity index (χ0v) is 8.95. The van der Waals surface area contributed by atoms with Gasteiger partial charge in [-0.15, -0.1) is 23.7 Å². The van der Waals surface area contributed by atoms with Crippen molar-refractivity contribution in [3.8, 4) is 0 Å². The van der Waals surface area contributed by atoms with E-state index in [2.05, 4.69) is 5.32 Å². The van der Waals surface area contributed by atoms with Crippen molar-refractivity contribution < 1.29 is 4.79 Å². The molecule has 0 radical (unpaired) electrons. The fraction of sp³-hybridized carbons (Fsp3) is 0.375. The zero-order chi connectivity index (χ0) is 8.97. The first-order chi connectivity index (χ1) is 5.74. The van der Waals surface area contributed by atoms with Crippen LogP contribution in [0.25, 0.3) is 0 Å². The van der Waals surface area contributed by atoms with Crippen LogP contribution in [0.1, 0.15) is 4.88 Å². The maximum Gasteiger partial charge on any atom is 0.237 e. The fourth-order valence-corrected chi connectivity index (χ4v) is 1.69. The molecule has 0 bridgehead atoms.